The molecule has 0 amide bonds. The minimum Gasteiger partial charge on any atom is -0.408 e. The molecule has 1 aliphatic rings. The molecule has 0 atom stereocenters. The lowest BCUT2D eigenvalue weighted by Gasteiger charge is -2.44. The first kappa shape index (κ1) is 15.5. The summed E-state index contributed by atoms with van der Waals surface area (Å²) in [6, 6.07) is 9.87. The molecule has 0 spiro atoms. The molecule has 0 N–H and O–H groups in total. The van der Waals surface area contributed by atoms with E-state index in [0.717, 1.165) is 24.9 Å². The van der Waals surface area contributed by atoms with Gasteiger partial charge in [-0.2, -0.15) is 0 Å². The van der Waals surface area contributed by atoms with Gasteiger partial charge in [0.2, 0.25) is 0 Å². The number of hydrogen-bond donors (Lipinski definition) is 0. The Labute approximate surface area is 124 Å². The molecule has 0 aliphatic carbocycles. The van der Waals surface area contributed by atoms with Crippen molar-refractivity contribution in [3.63, 3.8) is 0 Å². The molecule has 0 saturated carbocycles. The van der Waals surface area contributed by atoms with Crippen LogP contribution in [0.5, 0.6) is 0 Å². The Morgan fingerprint density at radius 2 is 1.71 bits per heavy atom. The SMILES string of the molecule is CC(=O)OC1(OC(C)=O)CCCCN1Cc1ccccc1. The summed E-state index contributed by atoms with van der Waals surface area (Å²) in [6.45, 7) is 3.96. The van der Waals surface area contributed by atoms with Gasteiger partial charge in [-0.05, 0) is 18.4 Å². The Bertz CT molecular complexity index is 484. The number of benzene rings is 1. The van der Waals surface area contributed by atoms with Gasteiger partial charge in [0, 0.05) is 33.4 Å². The Balaban J connectivity index is 2.24. The van der Waals surface area contributed by atoms with E-state index in [-0.39, 0.29) is 0 Å². The first-order valence-electron chi connectivity index (χ1n) is 7.20. The van der Waals surface area contributed by atoms with Crippen molar-refractivity contribution >= 4 is 11.9 Å². The fourth-order valence-electron chi connectivity index (χ4n) is 2.68. The Morgan fingerprint density at radius 1 is 1.10 bits per heavy atom. The van der Waals surface area contributed by atoms with Crippen molar-refractivity contribution in [2.24, 2.45) is 0 Å². The van der Waals surface area contributed by atoms with Crippen molar-refractivity contribution < 1.29 is 19.1 Å². The molecule has 1 saturated heterocycles. The second-order valence-electron chi connectivity index (χ2n) is 5.26. The monoisotopic (exact) mass is 291 g/mol. The minimum atomic E-state index is -1.27. The molecule has 5 heteroatoms. The number of carbonyl (C=O) groups excluding carboxylic acids is 2. The number of ether oxygens (including phenoxy) is 2. The van der Waals surface area contributed by atoms with Crippen molar-refractivity contribution in [3.8, 4) is 0 Å². The first-order chi connectivity index (χ1) is 10.0. The molecule has 1 aromatic carbocycles. The van der Waals surface area contributed by atoms with Crippen molar-refractivity contribution in [2.45, 2.75) is 45.6 Å². The molecule has 1 aromatic rings. The van der Waals surface area contributed by atoms with Crippen LogP contribution >= 0.6 is 0 Å². The number of esters is 2. The van der Waals surface area contributed by atoms with Crippen molar-refractivity contribution in [1.82, 2.24) is 4.90 Å². The lowest BCUT2D eigenvalue weighted by molar-refractivity contribution is -0.300. The van der Waals surface area contributed by atoms with E-state index < -0.39 is 17.8 Å². The summed E-state index contributed by atoms with van der Waals surface area (Å²) in [7, 11) is 0. The molecule has 0 aromatic heterocycles. The second kappa shape index (κ2) is 6.72. The van der Waals surface area contributed by atoms with Gasteiger partial charge in [0.15, 0.2) is 0 Å². The van der Waals surface area contributed by atoms with Crippen LogP contribution in [0, 0.1) is 0 Å². The highest BCUT2D eigenvalue weighted by Crippen LogP contribution is 2.32. The molecule has 0 radical (unpaired) electrons. The number of piperidine rings is 1. The van der Waals surface area contributed by atoms with E-state index in [1.54, 1.807) is 0 Å². The fourth-order valence-corrected chi connectivity index (χ4v) is 2.68. The van der Waals surface area contributed by atoms with Gasteiger partial charge in [-0.25, -0.2) is 4.90 Å². The standard InChI is InChI=1S/C16H21NO4/c1-13(18)20-16(21-14(2)19)10-6-7-11-17(16)12-15-8-4-3-5-9-15/h3-5,8-9H,6-7,10-12H2,1-2H3. The number of nitrogens with zero attached hydrogens (tertiary/aromatic N) is 1. The summed E-state index contributed by atoms with van der Waals surface area (Å²) in [6.07, 6.45) is 2.34. The van der Waals surface area contributed by atoms with Gasteiger partial charge < -0.3 is 9.47 Å². The van der Waals surface area contributed by atoms with Crippen LogP contribution in [0.1, 0.15) is 38.7 Å². The van der Waals surface area contributed by atoms with E-state index >= 15 is 0 Å². The first-order valence-corrected chi connectivity index (χ1v) is 7.20. The zero-order chi connectivity index (χ0) is 15.3. The molecule has 2 rings (SSSR count). The maximum Gasteiger partial charge on any atom is 0.320 e. The molecular formula is C16H21NO4. The van der Waals surface area contributed by atoms with Crippen LogP contribution in [0.4, 0.5) is 0 Å². The van der Waals surface area contributed by atoms with Crippen LogP contribution in [0.15, 0.2) is 30.3 Å². The number of rotatable bonds is 4. The van der Waals surface area contributed by atoms with Crippen molar-refractivity contribution in [3.05, 3.63) is 35.9 Å². The molecule has 21 heavy (non-hydrogen) atoms. The van der Waals surface area contributed by atoms with Crippen molar-refractivity contribution in [1.29, 1.82) is 0 Å². The second-order valence-corrected chi connectivity index (χ2v) is 5.26. The summed E-state index contributed by atoms with van der Waals surface area (Å²) in [5, 5.41) is 0. The van der Waals surface area contributed by atoms with Crippen LogP contribution < -0.4 is 0 Å². The number of carbonyl (C=O) groups is 2. The third-order valence-electron chi connectivity index (χ3n) is 3.48. The highest BCUT2D eigenvalue weighted by Gasteiger charge is 2.45. The Morgan fingerprint density at radius 3 is 2.29 bits per heavy atom. The van der Waals surface area contributed by atoms with Crippen molar-refractivity contribution in [2.75, 3.05) is 6.54 Å². The van der Waals surface area contributed by atoms with E-state index in [0.29, 0.717) is 13.0 Å². The predicted octanol–water partition coefficient (Wildman–Crippen LogP) is 2.45. The normalized spacial score (nSPS) is 18.0. The van der Waals surface area contributed by atoms with Gasteiger partial charge >= 0.3 is 17.8 Å². The van der Waals surface area contributed by atoms with Gasteiger partial charge in [0.1, 0.15) is 0 Å². The van der Waals surface area contributed by atoms with Crippen LogP contribution in [0.2, 0.25) is 0 Å². The van der Waals surface area contributed by atoms with Gasteiger partial charge in [-0.15, -0.1) is 0 Å². The maximum absolute atomic E-state index is 11.5. The van der Waals surface area contributed by atoms with E-state index in [2.05, 4.69) is 0 Å². The van der Waals surface area contributed by atoms with Crippen LogP contribution in [0.25, 0.3) is 0 Å². The summed E-state index contributed by atoms with van der Waals surface area (Å²) in [4.78, 5) is 24.8. The molecular weight excluding hydrogens is 270 g/mol. The van der Waals surface area contributed by atoms with Crippen LogP contribution in [-0.2, 0) is 25.6 Å². The third-order valence-corrected chi connectivity index (χ3v) is 3.48. The summed E-state index contributed by atoms with van der Waals surface area (Å²) in [5.74, 6) is -2.17. The topological polar surface area (TPSA) is 55.8 Å². The average Bonchev–Trinajstić information content (AvgIpc) is 2.41. The molecule has 0 unspecified atom stereocenters. The number of hydrogen-bond acceptors (Lipinski definition) is 5. The van der Waals surface area contributed by atoms with E-state index in [9.17, 15) is 9.59 Å². The highest BCUT2D eigenvalue weighted by molar-refractivity contribution is 5.68. The largest absolute Gasteiger partial charge is 0.408 e. The van der Waals surface area contributed by atoms with E-state index in [1.165, 1.54) is 13.8 Å². The molecule has 1 heterocycles. The fraction of sp³-hybridized carbons (Fsp3) is 0.500. The van der Waals surface area contributed by atoms with Gasteiger partial charge in [0.05, 0.1) is 0 Å². The molecule has 1 aliphatic heterocycles. The lowest BCUT2D eigenvalue weighted by Crippen LogP contribution is -2.56. The third kappa shape index (κ3) is 4.04. The number of likely N-dealkylation sites (tertiary alicyclic amines) is 1. The molecule has 114 valence electrons. The quantitative estimate of drug-likeness (QED) is 0.630. The van der Waals surface area contributed by atoms with Crippen LogP contribution in [-0.4, -0.2) is 29.3 Å². The van der Waals surface area contributed by atoms with Gasteiger partial charge in [-0.3, -0.25) is 9.59 Å². The zero-order valence-corrected chi connectivity index (χ0v) is 12.5. The smallest absolute Gasteiger partial charge is 0.320 e. The summed E-state index contributed by atoms with van der Waals surface area (Å²) >= 11 is 0. The highest BCUT2D eigenvalue weighted by atomic mass is 16.8. The van der Waals surface area contributed by atoms with Gasteiger partial charge in [0.25, 0.3) is 0 Å². The maximum atomic E-state index is 11.5. The summed E-state index contributed by atoms with van der Waals surface area (Å²) < 4.78 is 10.8. The van der Waals surface area contributed by atoms with Gasteiger partial charge in [-0.1, -0.05) is 30.3 Å². The van der Waals surface area contributed by atoms with Crippen LogP contribution in [0.3, 0.4) is 0 Å². The molecule has 5 nitrogen and oxygen atoms in total. The zero-order valence-electron chi connectivity index (χ0n) is 12.5. The Kier molecular flexibility index (Phi) is 4.96. The Hall–Kier alpha value is -1.88. The lowest BCUT2D eigenvalue weighted by atomic mass is 10.1. The summed E-state index contributed by atoms with van der Waals surface area (Å²) in [5.41, 5.74) is 1.09. The molecule has 0 bridgehead atoms. The van der Waals surface area contributed by atoms with E-state index in [1.807, 2.05) is 35.2 Å². The predicted molar refractivity (Wildman–Crippen MR) is 77.0 cm³/mol. The average molecular weight is 291 g/mol. The minimum absolute atomic E-state index is 0.448. The van der Waals surface area contributed by atoms with E-state index in [4.69, 9.17) is 9.47 Å². The molecule has 1 fully saturated rings.